The number of anilines is 1. The predicted molar refractivity (Wildman–Crippen MR) is 169 cm³/mol. The van der Waals surface area contributed by atoms with Crippen molar-refractivity contribution in [3.63, 3.8) is 0 Å². The number of halogens is 3. The van der Waals surface area contributed by atoms with Gasteiger partial charge in [-0.15, -0.1) is 0 Å². The monoisotopic (exact) mass is 643 g/mol. The molecular formula is C34H40F3N3O4S. The van der Waals surface area contributed by atoms with Gasteiger partial charge in [-0.2, -0.15) is 13.2 Å². The third kappa shape index (κ3) is 10.1. The lowest BCUT2D eigenvalue weighted by molar-refractivity contribution is -0.141. The van der Waals surface area contributed by atoms with Crippen LogP contribution >= 0.6 is 0 Å². The Bertz CT molecular complexity index is 1510. The van der Waals surface area contributed by atoms with Crippen molar-refractivity contribution in [2.24, 2.45) is 0 Å². The highest BCUT2D eigenvalue weighted by atomic mass is 32.2. The summed E-state index contributed by atoms with van der Waals surface area (Å²) < 4.78 is 66.2. The Morgan fingerprint density at radius 2 is 1.51 bits per heavy atom. The molecule has 11 heteroatoms. The van der Waals surface area contributed by atoms with Crippen molar-refractivity contribution >= 4 is 27.5 Å². The second-order valence-corrected chi connectivity index (χ2v) is 13.4. The normalized spacial score (nSPS) is 14.8. The van der Waals surface area contributed by atoms with E-state index in [1.165, 1.54) is 6.07 Å². The van der Waals surface area contributed by atoms with Gasteiger partial charge >= 0.3 is 6.18 Å². The molecule has 7 nitrogen and oxygen atoms in total. The lowest BCUT2D eigenvalue weighted by Crippen LogP contribution is -2.52. The standard InChI is InChI=1S/C34H40F3N3O4S/c1-45(43,44)40(30-20-11-17-28(24-30)34(35,36)37)22-12-21-32(41)39(25-27-15-7-3-8-16-27)31(23-26-13-5-2-6-14-26)33(42)38-29-18-9-4-10-19-29/h2-3,5-8,11,13-17,20,24,29,31H,4,9-10,12,18-19,21-23,25H2,1H3,(H,38,42). The number of carbonyl (C=O) groups excluding carboxylic acids is 2. The van der Waals surface area contributed by atoms with Crippen LogP contribution in [0, 0.1) is 0 Å². The van der Waals surface area contributed by atoms with Crippen molar-refractivity contribution in [3.05, 3.63) is 102 Å². The van der Waals surface area contributed by atoms with Gasteiger partial charge in [0, 0.05) is 32.0 Å². The number of amides is 2. The first-order valence-corrected chi connectivity index (χ1v) is 17.1. The summed E-state index contributed by atoms with van der Waals surface area (Å²) in [6, 6.07) is 22.1. The molecule has 0 saturated heterocycles. The van der Waals surface area contributed by atoms with Gasteiger partial charge in [-0.3, -0.25) is 13.9 Å². The summed E-state index contributed by atoms with van der Waals surface area (Å²) in [6.45, 7) is -0.0403. The average Bonchev–Trinajstić information content (AvgIpc) is 3.01. The van der Waals surface area contributed by atoms with E-state index in [0.29, 0.717) is 0 Å². The van der Waals surface area contributed by atoms with Crippen LogP contribution in [0.15, 0.2) is 84.9 Å². The number of hydrogen-bond acceptors (Lipinski definition) is 4. The molecule has 2 amide bonds. The van der Waals surface area contributed by atoms with Gasteiger partial charge in [-0.1, -0.05) is 86.0 Å². The fourth-order valence-corrected chi connectivity index (χ4v) is 6.68. The van der Waals surface area contributed by atoms with Crippen LogP contribution in [0.25, 0.3) is 0 Å². The molecule has 45 heavy (non-hydrogen) atoms. The van der Waals surface area contributed by atoms with Crippen LogP contribution in [-0.2, 0) is 38.8 Å². The van der Waals surface area contributed by atoms with Crippen molar-refractivity contribution in [3.8, 4) is 0 Å². The van der Waals surface area contributed by atoms with Crippen LogP contribution in [0.1, 0.15) is 61.6 Å². The SMILES string of the molecule is CS(=O)(=O)N(CCCC(=O)N(Cc1ccccc1)C(Cc1ccccc1)C(=O)NC1CCCCC1)c1cccc(C(F)(F)F)c1. The van der Waals surface area contributed by atoms with Gasteiger partial charge in [-0.05, 0) is 48.6 Å². The minimum absolute atomic E-state index is 0.0361. The number of carbonyl (C=O) groups is 2. The van der Waals surface area contributed by atoms with Crippen LogP contribution in [0.5, 0.6) is 0 Å². The lowest BCUT2D eigenvalue weighted by atomic mass is 9.94. The second-order valence-electron chi connectivity index (χ2n) is 11.5. The molecule has 4 rings (SSSR count). The van der Waals surface area contributed by atoms with Gasteiger partial charge in [0.1, 0.15) is 6.04 Å². The highest BCUT2D eigenvalue weighted by Gasteiger charge is 2.33. The van der Waals surface area contributed by atoms with Gasteiger partial charge in [0.05, 0.1) is 17.5 Å². The quantitative estimate of drug-likeness (QED) is 0.236. The zero-order valence-corrected chi connectivity index (χ0v) is 26.2. The molecule has 3 aromatic rings. The minimum atomic E-state index is -4.64. The van der Waals surface area contributed by atoms with Crippen LogP contribution in [0.4, 0.5) is 18.9 Å². The van der Waals surface area contributed by atoms with Crippen molar-refractivity contribution in [1.29, 1.82) is 0 Å². The van der Waals surface area contributed by atoms with Crippen molar-refractivity contribution in [1.82, 2.24) is 10.2 Å². The molecule has 1 aliphatic rings. The van der Waals surface area contributed by atoms with E-state index in [-0.39, 0.29) is 55.9 Å². The summed E-state index contributed by atoms with van der Waals surface area (Å²) in [4.78, 5) is 29.4. The van der Waals surface area contributed by atoms with Gasteiger partial charge in [0.25, 0.3) is 0 Å². The maximum Gasteiger partial charge on any atom is 0.416 e. The number of rotatable bonds is 13. The summed E-state index contributed by atoms with van der Waals surface area (Å²) in [7, 11) is -3.96. The Labute approximate surface area is 263 Å². The molecule has 0 bridgehead atoms. The van der Waals surface area contributed by atoms with Gasteiger partial charge in [0.15, 0.2) is 0 Å². The van der Waals surface area contributed by atoms with Crippen LogP contribution in [-0.4, -0.2) is 50.0 Å². The molecule has 0 aromatic heterocycles. The van der Waals surface area contributed by atoms with E-state index >= 15 is 0 Å². The largest absolute Gasteiger partial charge is 0.416 e. The third-order valence-electron chi connectivity index (χ3n) is 8.03. The second kappa shape index (κ2) is 15.4. The maximum absolute atomic E-state index is 14.0. The number of benzene rings is 3. The first kappa shape index (κ1) is 34.0. The highest BCUT2D eigenvalue weighted by molar-refractivity contribution is 7.92. The fraction of sp³-hybridized carbons (Fsp3) is 0.412. The molecule has 1 fully saturated rings. The number of alkyl halides is 3. The molecule has 0 spiro atoms. The van der Waals surface area contributed by atoms with Crippen LogP contribution in [0.2, 0.25) is 0 Å². The number of hydrogen-bond donors (Lipinski definition) is 1. The predicted octanol–water partition coefficient (Wildman–Crippen LogP) is 6.34. The third-order valence-corrected chi connectivity index (χ3v) is 9.23. The molecule has 1 aliphatic carbocycles. The Morgan fingerprint density at radius 1 is 0.889 bits per heavy atom. The number of sulfonamides is 1. The number of nitrogens with zero attached hydrogens (tertiary/aromatic N) is 2. The number of nitrogens with one attached hydrogen (secondary N) is 1. The maximum atomic E-state index is 14.0. The molecule has 3 aromatic carbocycles. The summed E-state index contributed by atoms with van der Waals surface area (Å²) in [5.74, 6) is -0.590. The smallest absolute Gasteiger partial charge is 0.352 e. The van der Waals surface area contributed by atoms with Gasteiger partial charge in [-0.25, -0.2) is 8.42 Å². The van der Waals surface area contributed by atoms with Crippen molar-refractivity contribution in [2.45, 2.75) is 76.2 Å². The zero-order chi connectivity index (χ0) is 32.5. The van der Waals surface area contributed by atoms with E-state index < -0.39 is 27.8 Å². The Kier molecular flexibility index (Phi) is 11.7. The summed E-state index contributed by atoms with van der Waals surface area (Å²) in [5, 5.41) is 3.18. The average molecular weight is 644 g/mol. The fourth-order valence-electron chi connectivity index (χ4n) is 5.72. The molecule has 1 atom stereocenters. The Hall–Kier alpha value is -3.86. The Balaban J connectivity index is 1.58. The highest BCUT2D eigenvalue weighted by Crippen LogP contribution is 2.32. The van der Waals surface area contributed by atoms with Crippen LogP contribution < -0.4 is 9.62 Å². The van der Waals surface area contributed by atoms with Crippen molar-refractivity contribution < 1.29 is 31.2 Å². The van der Waals surface area contributed by atoms with Crippen LogP contribution in [0.3, 0.4) is 0 Å². The summed E-state index contributed by atoms with van der Waals surface area (Å²) in [5.41, 5.74) is 0.622. The van der Waals surface area contributed by atoms with E-state index in [1.54, 1.807) is 4.90 Å². The Morgan fingerprint density at radius 3 is 2.11 bits per heavy atom. The topological polar surface area (TPSA) is 86.8 Å². The molecule has 0 heterocycles. The molecule has 0 radical (unpaired) electrons. The minimum Gasteiger partial charge on any atom is -0.352 e. The lowest BCUT2D eigenvalue weighted by Gasteiger charge is -2.34. The first-order valence-electron chi connectivity index (χ1n) is 15.2. The zero-order valence-electron chi connectivity index (χ0n) is 25.4. The molecule has 242 valence electrons. The summed E-state index contributed by atoms with van der Waals surface area (Å²) in [6.07, 6.45) is 1.45. The van der Waals surface area contributed by atoms with E-state index in [2.05, 4.69) is 5.32 Å². The van der Waals surface area contributed by atoms with E-state index in [9.17, 15) is 31.2 Å². The van der Waals surface area contributed by atoms with E-state index in [0.717, 1.165) is 72.0 Å². The summed E-state index contributed by atoms with van der Waals surface area (Å²) >= 11 is 0. The van der Waals surface area contributed by atoms with E-state index in [4.69, 9.17) is 0 Å². The molecular weight excluding hydrogens is 603 g/mol. The van der Waals surface area contributed by atoms with Gasteiger partial charge < -0.3 is 10.2 Å². The van der Waals surface area contributed by atoms with Crippen molar-refractivity contribution in [2.75, 3.05) is 17.1 Å². The van der Waals surface area contributed by atoms with E-state index in [1.807, 2.05) is 60.7 Å². The molecule has 0 aliphatic heterocycles. The van der Waals surface area contributed by atoms with Gasteiger partial charge in [0.2, 0.25) is 21.8 Å². The first-order chi connectivity index (χ1) is 21.4. The molecule has 1 N–H and O–H groups in total. The molecule has 1 saturated carbocycles. The molecule has 1 unspecified atom stereocenters.